The van der Waals surface area contributed by atoms with E-state index in [2.05, 4.69) is 16.2 Å². The molecule has 4 N–H and O–H groups in total. The summed E-state index contributed by atoms with van der Waals surface area (Å²) in [5, 5.41) is 6.50. The van der Waals surface area contributed by atoms with Gasteiger partial charge in [-0.25, -0.2) is 11.4 Å². The van der Waals surface area contributed by atoms with Crippen molar-refractivity contribution in [3.05, 3.63) is 0 Å². The summed E-state index contributed by atoms with van der Waals surface area (Å²) in [4.78, 5) is 4.29. The Balaban J connectivity index is -0.0000000480. The van der Waals surface area contributed by atoms with E-state index >= 15 is 0 Å². The standard InChI is InChI=1S/C2H7NO.ClH.H3NO/c1-3-4-2;;1-2/h3H,1-2H3;1H;2H,1H2. The van der Waals surface area contributed by atoms with Crippen LogP contribution in [0.1, 0.15) is 0 Å². The molecule has 0 unspecified atom stereocenters. The lowest BCUT2D eigenvalue weighted by molar-refractivity contribution is 0.112. The van der Waals surface area contributed by atoms with Gasteiger partial charge in [0.05, 0.1) is 7.11 Å². The molecule has 0 amide bonds. The van der Waals surface area contributed by atoms with Crippen molar-refractivity contribution in [3.63, 3.8) is 0 Å². The van der Waals surface area contributed by atoms with Crippen molar-refractivity contribution < 1.29 is 10.0 Å². The molecule has 0 saturated heterocycles. The number of rotatable bonds is 1. The van der Waals surface area contributed by atoms with Crippen molar-refractivity contribution in [3.8, 4) is 0 Å². The molecule has 0 radical (unpaired) electrons. The SMILES string of the molecule is CNOC.Cl.NO. The molecule has 0 bridgehead atoms. The van der Waals surface area contributed by atoms with Gasteiger partial charge in [-0.1, -0.05) is 0 Å². The van der Waals surface area contributed by atoms with Gasteiger partial charge in [-0.3, -0.25) is 0 Å². The van der Waals surface area contributed by atoms with Crippen LogP contribution in [-0.4, -0.2) is 19.4 Å². The van der Waals surface area contributed by atoms with Gasteiger partial charge in [0.2, 0.25) is 0 Å². The molecule has 0 aliphatic carbocycles. The van der Waals surface area contributed by atoms with Crippen LogP contribution >= 0.6 is 12.4 Å². The summed E-state index contributed by atoms with van der Waals surface area (Å²) in [5.41, 5.74) is 2.43. The van der Waals surface area contributed by atoms with Gasteiger partial charge in [0.1, 0.15) is 0 Å². The molecular weight excluding hydrogens is 119 g/mol. The fourth-order valence-corrected chi connectivity index (χ4v) is 0. The maximum absolute atomic E-state index is 6.50. The molecule has 4 nitrogen and oxygen atoms in total. The molecule has 0 aromatic heterocycles. The minimum Gasteiger partial charge on any atom is -0.320 e. The van der Waals surface area contributed by atoms with E-state index in [1.165, 1.54) is 0 Å². The van der Waals surface area contributed by atoms with E-state index in [0.29, 0.717) is 0 Å². The zero-order valence-corrected chi connectivity index (χ0v) is 5.16. The number of nitrogens with two attached hydrogens (primary N) is 1. The first kappa shape index (κ1) is 15.7. The molecule has 0 fully saturated rings. The van der Waals surface area contributed by atoms with Gasteiger partial charge < -0.3 is 10.0 Å². The molecule has 0 aromatic carbocycles. The lowest BCUT2D eigenvalue weighted by Gasteiger charge is -1.80. The summed E-state index contributed by atoms with van der Waals surface area (Å²) in [6.07, 6.45) is 0. The maximum Gasteiger partial charge on any atom is 0.0572 e. The van der Waals surface area contributed by atoms with E-state index in [4.69, 9.17) is 5.21 Å². The fraction of sp³-hybridized carbons (Fsp3) is 1.00. The van der Waals surface area contributed by atoms with E-state index < -0.39 is 0 Å². The van der Waals surface area contributed by atoms with E-state index in [1.807, 2.05) is 0 Å². The third kappa shape index (κ3) is 81.9. The zero-order valence-electron chi connectivity index (χ0n) is 4.34. The van der Waals surface area contributed by atoms with E-state index in [1.54, 1.807) is 14.2 Å². The summed E-state index contributed by atoms with van der Waals surface area (Å²) >= 11 is 0. The van der Waals surface area contributed by atoms with E-state index in [-0.39, 0.29) is 12.4 Å². The van der Waals surface area contributed by atoms with Crippen molar-refractivity contribution in [2.24, 2.45) is 5.90 Å². The molecule has 0 aliphatic rings. The molecule has 0 heterocycles. The summed E-state index contributed by atoms with van der Waals surface area (Å²) < 4.78 is 0. The highest BCUT2D eigenvalue weighted by Gasteiger charge is 1.45. The Labute approximate surface area is 49.0 Å². The Hall–Kier alpha value is 0.130. The van der Waals surface area contributed by atoms with Gasteiger partial charge in [0.25, 0.3) is 0 Å². The third-order valence-corrected chi connectivity index (χ3v) is 0.204. The van der Waals surface area contributed by atoms with E-state index in [9.17, 15) is 0 Å². The molecule has 0 saturated carbocycles. The van der Waals surface area contributed by atoms with Crippen molar-refractivity contribution in [1.82, 2.24) is 5.48 Å². The highest BCUT2D eigenvalue weighted by Crippen LogP contribution is 1.32. The van der Waals surface area contributed by atoms with Gasteiger partial charge in [-0.2, -0.15) is 0 Å². The highest BCUT2D eigenvalue weighted by molar-refractivity contribution is 5.85. The largest absolute Gasteiger partial charge is 0.320 e. The van der Waals surface area contributed by atoms with Crippen molar-refractivity contribution >= 4 is 12.4 Å². The van der Waals surface area contributed by atoms with Crippen LogP contribution < -0.4 is 11.4 Å². The fourth-order valence-electron chi connectivity index (χ4n) is 0. The summed E-state index contributed by atoms with van der Waals surface area (Å²) in [6, 6.07) is 0. The second-order valence-corrected chi connectivity index (χ2v) is 0.408. The molecule has 0 atom stereocenters. The molecule has 7 heavy (non-hydrogen) atoms. The van der Waals surface area contributed by atoms with Crippen LogP contribution in [0.15, 0.2) is 0 Å². The summed E-state index contributed by atoms with van der Waals surface area (Å²) in [6.45, 7) is 0. The van der Waals surface area contributed by atoms with Gasteiger partial charge in [-0.05, 0) is 0 Å². The van der Waals surface area contributed by atoms with Gasteiger partial charge >= 0.3 is 0 Å². The average Bonchev–Trinajstić information content (AvgIpc) is 1.72. The maximum atomic E-state index is 6.50. The molecule has 0 aliphatic heterocycles. The predicted molar refractivity (Wildman–Crippen MR) is 29.3 cm³/mol. The summed E-state index contributed by atoms with van der Waals surface area (Å²) in [7, 11) is 3.28. The first-order chi connectivity index (χ1) is 2.91. The van der Waals surface area contributed by atoms with Crippen LogP contribution in [-0.2, 0) is 4.84 Å². The monoisotopic (exact) mass is 130 g/mol. The van der Waals surface area contributed by atoms with Crippen LogP contribution in [0.3, 0.4) is 0 Å². The third-order valence-electron chi connectivity index (χ3n) is 0.204. The quantitative estimate of drug-likeness (QED) is 0.420. The molecule has 0 aromatic rings. The normalized spacial score (nSPS) is 5.14. The first-order valence-corrected chi connectivity index (χ1v) is 1.37. The Morgan fingerprint density at radius 1 is 1.57 bits per heavy atom. The van der Waals surface area contributed by atoms with Crippen LogP contribution in [0.25, 0.3) is 0 Å². The van der Waals surface area contributed by atoms with Gasteiger partial charge in [0.15, 0.2) is 0 Å². The minimum absolute atomic E-state index is 0. The second kappa shape index (κ2) is 35.6. The molecule has 48 valence electrons. The van der Waals surface area contributed by atoms with Crippen LogP contribution in [0.5, 0.6) is 0 Å². The number of hydrogen-bond donors (Lipinski definition) is 3. The van der Waals surface area contributed by atoms with Crippen LogP contribution in [0.4, 0.5) is 0 Å². The van der Waals surface area contributed by atoms with Gasteiger partial charge in [0, 0.05) is 7.05 Å². The Bertz CT molecular complexity index is 15.7. The van der Waals surface area contributed by atoms with Crippen LogP contribution in [0.2, 0.25) is 0 Å². The van der Waals surface area contributed by atoms with Gasteiger partial charge in [-0.15, -0.1) is 12.4 Å². The van der Waals surface area contributed by atoms with E-state index in [0.717, 1.165) is 0 Å². The minimum atomic E-state index is 0. The predicted octanol–water partition coefficient (Wildman–Crippen LogP) is -0.477. The zero-order chi connectivity index (χ0) is 5.41. The van der Waals surface area contributed by atoms with Crippen molar-refractivity contribution in [2.45, 2.75) is 0 Å². The number of nitrogens with one attached hydrogen (secondary N) is 1. The Morgan fingerprint density at radius 2 is 1.71 bits per heavy atom. The molecule has 0 rings (SSSR count). The lowest BCUT2D eigenvalue weighted by Crippen LogP contribution is -2.00. The first-order valence-electron chi connectivity index (χ1n) is 1.37. The number of hydroxylamine groups is 1. The average molecular weight is 131 g/mol. The molecule has 5 heteroatoms. The second-order valence-electron chi connectivity index (χ2n) is 0.408. The molecular formula is C2H11ClN2O2. The molecule has 0 spiro atoms. The summed E-state index contributed by atoms with van der Waals surface area (Å²) in [5.74, 6) is 3.50. The van der Waals surface area contributed by atoms with Crippen LogP contribution in [0, 0.1) is 0 Å². The Morgan fingerprint density at radius 3 is 1.71 bits per heavy atom. The highest BCUT2D eigenvalue weighted by atomic mass is 35.5. The van der Waals surface area contributed by atoms with Crippen molar-refractivity contribution in [2.75, 3.05) is 14.2 Å². The number of hydrogen-bond acceptors (Lipinski definition) is 4. The lowest BCUT2D eigenvalue weighted by atomic mass is 11.5. The number of halogens is 1. The smallest absolute Gasteiger partial charge is 0.0572 e. The van der Waals surface area contributed by atoms with Crippen molar-refractivity contribution in [1.29, 1.82) is 0 Å². The Kier molecular flexibility index (Phi) is 79.8. The topological polar surface area (TPSA) is 67.5 Å².